The van der Waals surface area contributed by atoms with Gasteiger partial charge in [0.25, 0.3) is 0 Å². The van der Waals surface area contributed by atoms with Crippen LogP contribution in [0.3, 0.4) is 0 Å². The van der Waals surface area contributed by atoms with Crippen LogP contribution in [0.4, 0.5) is 0 Å². The van der Waals surface area contributed by atoms with Crippen molar-refractivity contribution in [3.63, 3.8) is 0 Å². The second-order valence-corrected chi connectivity index (χ2v) is 5.25. The highest BCUT2D eigenvalue weighted by atomic mass is 16.4. The highest BCUT2D eigenvalue weighted by Gasteiger charge is 2.34. The van der Waals surface area contributed by atoms with E-state index >= 15 is 0 Å². The normalized spacial score (nSPS) is 22.2. The number of benzene rings is 1. The number of fused-ring (bicyclic) bond motifs is 1. The second kappa shape index (κ2) is 4.63. The van der Waals surface area contributed by atoms with Crippen LogP contribution in [0.25, 0.3) is 11.0 Å². The first-order valence-electron chi connectivity index (χ1n) is 6.53. The number of aromatic amines is 2. The Hall–Kier alpha value is -2.37. The molecular weight excluding hydrogens is 260 g/mol. The predicted octanol–water partition coefficient (Wildman–Crippen LogP) is 1.54. The van der Waals surface area contributed by atoms with E-state index in [9.17, 15) is 14.4 Å². The Morgan fingerprint density at radius 3 is 2.50 bits per heavy atom. The Morgan fingerprint density at radius 2 is 1.80 bits per heavy atom. The number of carboxylic acid groups (broad SMARTS) is 1. The fourth-order valence-electron chi connectivity index (χ4n) is 2.87. The Bertz CT molecular complexity index is 743. The van der Waals surface area contributed by atoms with E-state index in [0.717, 1.165) is 0 Å². The molecule has 6 nitrogen and oxygen atoms in total. The fraction of sp³-hybridized carbons (Fsp3) is 0.357. The minimum Gasteiger partial charge on any atom is -0.481 e. The summed E-state index contributed by atoms with van der Waals surface area (Å²) in [7, 11) is 0. The third kappa shape index (κ3) is 2.13. The molecule has 1 aliphatic carbocycles. The molecule has 2 atom stereocenters. The zero-order valence-electron chi connectivity index (χ0n) is 10.7. The summed E-state index contributed by atoms with van der Waals surface area (Å²) < 4.78 is 0. The molecule has 104 valence electrons. The number of imidazole rings is 1. The molecule has 1 aromatic heterocycles. The summed E-state index contributed by atoms with van der Waals surface area (Å²) in [6.07, 6.45) is 1.56. The first-order valence-corrected chi connectivity index (χ1v) is 6.53. The Kier molecular flexibility index (Phi) is 2.93. The van der Waals surface area contributed by atoms with Crippen molar-refractivity contribution in [1.29, 1.82) is 0 Å². The third-order valence-corrected chi connectivity index (χ3v) is 3.95. The summed E-state index contributed by atoms with van der Waals surface area (Å²) in [4.78, 5) is 39.7. The van der Waals surface area contributed by atoms with Gasteiger partial charge in [-0.2, -0.15) is 0 Å². The van der Waals surface area contributed by atoms with E-state index in [1.54, 1.807) is 18.2 Å². The number of carbonyl (C=O) groups excluding carboxylic acids is 1. The number of carbonyl (C=O) groups is 2. The zero-order valence-corrected chi connectivity index (χ0v) is 10.7. The highest BCUT2D eigenvalue weighted by molar-refractivity contribution is 6.00. The lowest BCUT2D eigenvalue weighted by Gasteiger charge is -2.08. The van der Waals surface area contributed by atoms with Crippen molar-refractivity contribution >= 4 is 22.8 Å². The van der Waals surface area contributed by atoms with Gasteiger partial charge in [0.2, 0.25) is 0 Å². The van der Waals surface area contributed by atoms with Crippen LogP contribution >= 0.6 is 0 Å². The summed E-state index contributed by atoms with van der Waals surface area (Å²) in [5.41, 5.74) is 1.45. The van der Waals surface area contributed by atoms with Gasteiger partial charge in [-0.15, -0.1) is 0 Å². The molecule has 1 saturated carbocycles. The molecule has 1 aromatic carbocycles. The van der Waals surface area contributed by atoms with Crippen LogP contribution in [0.2, 0.25) is 0 Å². The number of hydrogen-bond acceptors (Lipinski definition) is 3. The van der Waals surface area contributed by atoms with Gasteiger partial charge in [0, 0.05) is 11.5 Å². The maximum Gasteiger partial charge on any atom is 0.323 e. The monoisotopic (exact) mass is 274 g/mol. The topological polar surface area (TPSA) is 103 Å². The van der Waals surface area contributed by atoms with Gasteiger partial charge in [-0.3, -0.25) is 9.59 Å². The van der Waals surface area contributed by atoms with E-state index in [-0.39, 0.29) is 17.4 Å². The number of aromatic nitrogens is 2. The van der Waals surface area contributed by atoms with E-state index in [2.05, 4.69) is 9.97 Å². The average Bonchev–Trinajstić information content (AvgIpc) is 3.02. The van der Waals surface area contributed by atoms with Crippen LogP contribution in [0.1, 0.15) is 29.6 Å². The molecule has 3 N–H and O–H groups in total. The number of ketones is 1. The van der Waals surface area contributed by atoms with Crippen LogP contribution in [0.15, 0.2) is 23.0 Å². The number of rotatable bonds is 3. The van der Waals surface area contributed by atoms with E-state index in [1.807, 2.05) is 0 Å². The van der Waals surface area contributed by atoms with Crippen molar-refractivity contribution in [2.24, 2.45) is 11.8 Å². The van der Waals surface area contributed by atoms with Crippen molar-refractivity contribution in [1.82, 2.24) is 9.97 Å². The Labute approximate surface area is 113 Å². The van der Waals surface area contributed by atoms with Crippen molar-refractivity contribution in [2.75, 3.05) is 0 Å². The lowest BCUT2D eigenvalue weighted by atomic mass is 9.95. The lowest BCUT2D eigenvalue weighted by molar-refractivity contribution is -0.141. The van der Waals surface area contributed by atoms with Crippen molar-refractivity contribution in [3.8, 4) is 0 Å². The van der Waals surface area contributed by atoms with Crippen molar-refractivity contribution < 1.29 is 14.7 Å². The minimum absolute atomic E-state index is 0.0438. The smallest absolute Gasteiger partial charge is 0.323 e. The molecular formula is C14H14N2O4. The molecule has 0 amide bonds. The average molecular weight is 274 g/mol. The molecule has 0 aliphatic heterocycles. The predicted molar refractivity (Wildman–Crippen MR) is 71.7 cm³/mol. The third-order valence-electron chi connectivity index (χ3n) is 3.95. The van der Waals surface area contributed by atoms with Gasteiger partial charge in [0.05, 0.1) is 17.0 Å². The summed E-state index contributed by atoms with van der Waals surface area (Å²) in [5.74, 6) is -1.53. The van der Waals surface area contributed by atoms with Gasteiger partial charge in [-0.25, -0.2) is 4.79 Å². The molecule has 0 radical (unpaired) electrons. The molecule has 1 fully saturated rings. The summed E-state index contributed by atoms with van der Waals surface area (Å²) in [5, 5.41) is 8.97. The molecule has 0 saturated heterocycles. The Morgan fingerprint density at radius 1 is 1.10 bits per heavy atom. The first-order chi connectivity index (χ1) is 9.54. The van der Waals surface area contributed by atoms with Gasteiger partial charge in [0.1, 0.15) is 0 Å². The summed E-state index contributed by atoms with van der Waals surface area (Å²) in [6, 6.07) is 5.00. The number of carboxylic acids is 1. The van der Waals surface area contributed by atoms with Crippen LogP contribution in [-0.2, 0) is 4.79 Å². The molecule has 2 unspecified atom stereocenters. The maximum absolute atomic E-state index is 12.4. The second-order valence-electron chi connectivity index (χ2n) is 5.25. The molecule has 20 heavy (non-hydrogen) atoms. The van der Waals surface area contributed by atoms with Gasteiger partial charge in [-0.05, 0) is 37.5 Å². The quantitative estimate of drug-likeness (QED) is 0.738. The number of aliphatic carboxylic acids is 1. The largest absolute Gasteiger partial charge is 0.481 e. The maximum atomic E-state index is 12.4. The number of nitrogens with one attached hydrogen (secondary N) is 2. The van der Waals surface area contributed by atoms with Gasteiger partial charge in [0.15, 0.2) is 5.78 Å². The first kappa shape index (κ1) is 12.7. The van der Waals surface area contributed by atoms with E-state index in [1.165, 1.54) is 0 Å². The van der Waals surface area contributed by atoms with Crippen LogP contribution < -0.4 is 5.69 Å². The van der Waals surface area contributed by atoms with Crippen molar-refractivity contribution in [3.05, 3.63) is 34.2 Å². The minimum atomic E-state index is -0.828. The Balaban J connectivity index is 1.85. The molecule has 1 heterocycles. The van der Waals surface area contributed by atoms with Gasteiger partial charge >= 0.3 is 11.7 Å². The van der Waals surface area contributed by atoms with Crippen LogP contribution in [0, 0.1) is 11.8 Å². The SMILES string of the molecule is O=C(O)C1CCC(C(=O)c2ccc3[nH]c(=O)[nH]c3c2)C1. The van der Waals surface area contributed by atoms with Crippen LogP contribution in [-0.4, -0.2) is 26.8 Å². The standard InChI is InChI=1S/C14H14N2O4/c17-12(7-1-2-9(5-7)13(18)19)8-3-4-10-11(6-8)16-14(20)15-10/h3-4,6-7,9H,1-2,5H2,(H,18,19)(H2,15,16,20). The molecule has 1 aliphatic rings. The zero-order chi connectivity index (χ0) is 14.3. The van der Waals surface area contributed by atoms with E-state index in [4.69, 9.17) is 5.11 Å². The summed E-state index contributed by atoms with van der Waals surface area (Å²) >= 11 is 0. The van der Waals surface area contributed by atoms with Gasteiger partial charge < -0.3 is 15.1 Å². The number of Topliss-reactive ketones (excluding diaryl/α,β-unsaturated/α-hetero) is 1. The number of hydrogen-bond donors (Lipinski definition) is 3. The molecule has 6 heteroatoms. The number of H-pyrrole nitrogens is 2. The molecule has 0 spiro atoms. The summed E-state index contributed by atoms with van der Waals surface area (Å²) in [6.45, 7) is 0. The van der Waals surface area contributed by atoms with Gasteiger partial charge in [-0.1, -0.05) is 0 Å². The molecule has 3 rings (SSSR count). The highest BCUT2D eigenvalue weighted by Crippen LogP contribution is 2.33. The fourth-order valence-corrected chi connectivity index (χ4v) is 2.87. The van der Waals surface area contributed by atoms with E-state index < -0.39 is 11.9 Å². The molecule has 0 bridgehead atoms. The van der Waals surface area contributed by atoms with E-state index in [0.29, 0.717) is 35.9 Å². The van der Waals surface area contributed by atoms with Crippen LogP contribution in [0.5, 0.6) is 0 Å². The lowest BCUT2D eigenvalue weighted by Crippen LogP contribution is -2.14. The van der Waals surface area contributed by atoms with Crippen molar-refractivity contribution in [2.45, 2.75) is 19.3 Å². The molecule has 2 aromatic rings.